The van der Waals surface area contributed by atoms with Crippen molar-refractivity contribution in [2.45, 2.75) is 38.4 Å². The van der Waals surface area contributed by atoms with Gasteiger partial charge in [-0.05, 0) is 18.6 Å². The Balaban J connectivity index is 0.00000338. The van der Waals surface area contributed by atoms with Gasteiger partial charge in [0.05, 0.1) is 11.8 Å². The zero-order valence-corrected chi connectivity index (χ0v) is 16.1. The highest BCUT2D eigenvalue weighted by Gasteiger charge is 2.30. The van der Waals surface area contributed by atoms with Gasteiger partial charge >= 0.3 is 6.18 Å². The lowest BCUT2D eigenvalue weighted by Crippen LogP contribution is -2.40. The lowest BCUT2D eigenvalue weighted by molar-refractivity contribution is -0.137. The Kier molecular flexibility index (Phi) is 10.3. The van der Waals surface area contributed by atoms with E-state index in [0.717, 1.165) is 36.1 Å². The van der Waals surface area contributed by atoms with Gasteiger partial charge in [0.25, 0.3) is 5.91 Å². The molecule has 0 saturated carbocycles. The van der Waals surface area contributed by atoms with Gasteiger partial charge < -0.3 is 11.1 Å². The minimum atomic E-state index is -4.46. The Morgan fingerprint density at radius 1 is 1.33 bits per heavy atom. The quantitative estimate of drug-likeness (QED) is 0.706. The van der Waals surface area contributed by atoms with E-state index < -0.39 is 17.6 Å². The normalized spacial score (nSPS) is 11.9. The van der Waals surface area contributed by atoms with Crippen LogP contribution in [0.3, 0.4) is 0 Å². The predicted molar refractivity (Wildman–Crippen MR) is 98.5 cm³/mol. The fourth-order valence-corrected chi connectivity index (χ4v) is 2.13. The van der Waals surface area contributed by atoms with E-state index in [2.05, 4.69) is 20.6 Å². The number of aromatic nitrogens is 4. The van der Waals surface area contributed by atoms with Gasteiger partial charge in [-0.15, -0.1) is 29.9 Å². The molecule has 0 aliphatic carbocycles. The third-order valence-corrected chi connectivity index (χ3v) is 3.56. The molecule has 2 heterocycles. The van der Waals surface area contributed by atoms with Crippen LogP contribution in [0.5, 0.6) is 0 Å². The number of alkyl halides is 3. The number of hydrogen-bond donors (Lipinski definition) is 2. The number of pyridine rings is 1. The first-order valence-electron chi connectivity index (χ1n) is 7.82. The number of unbranched alkanes of at least 4 members (excludes halogenated alkanes) is 1. The van der Waals surface area contributed by atoms with Crippen molar-refractivity contribution in [2.75, 3.05) is 6.54 Å². The van der Waals surface area contributed by atoms with Gasteiger partial charge in [0.15, 0.2) is 11.5 Å². The number of nitrogens with zero attached hydrogens (tertiary/aromatic N) is 4. The highest BCUT2D eigenvalue weighted by Crippen LogP contribution is 2.28. The molecule has 12 heteroatoms. The molecular weight excluding hydrogens is 408 g/mol. The van der Waals surface area contributed by atoms with Gasteiger partial charge in [0, 0.05) is 18.8 Å². The summed E-state index contributed by atoms with van der Waals surface area (Å²) < 4.78 is 38.8. The molecule has 3 N–H and O–H groups in total. The molecule has 2 aromatic rings. The average molecular weight is 429 g/mol. The topological polar surface area (TPSA) is 98.7 Å². The SMILES string of the molecule is CCCCC(CN)NC(=O)c1cn(-c2ccc(C(F)(F)F)cn2)nn1.Cl.Cl. The summed E-state index contributed by atoms with van der Waals surface area (Å²) in [6.07, 6.45) is 0.221. The fourth-order valence-electron chi connectivity index (χ4n) is 2.13. The van der Waals surface area contributed by atoms with Gasteiger partial charge in [-0.3, -0.25) is 4.79 Å². The Hall–Kier alpha value is -1.91. The Morgan fingerprint density at radius 3 is 2.56 bits per heavy atom. The summed E-state index contributed by atoms with van der Waals surface area (Å²) in [7, 11) is 0. The molecule has 0 aliphatic heterocycles. The highest BCUT2D eigenvalue weighted by atomic mass is 35.5. The first kappa shape index (κ1) is 25.1. The first-order valence-corrected chi connectivity index (χ1v) is 7.82. The zero-order valence-electron chi connectivity index (χ0n) is 14.4. The summed E-state index contributed by atoms with van der Waals surface area (Å²) in [4.78, 5) is 15.9. The van der Waals surface area contributed by atoms with E-state index in [-0.39, 0.29) is 42.4 Å². The van der Waals surface area contributed by atoms with Crippen molar-refractivity contribution >= 4 is 30.7 Å². The molecule has 0 saturated heterocycles. The van der Waals surface area contributed by atoms with Gasteiger partial charge in [-0.2, -0.15) is 13.2 Å². The minimum Gasteiger partial charge on any atom is -0.347 e. The largest absolute Gasteiger partial charge is 0.417 e. The number of amides is 1. The molecule has 0 aromatic carbocycles. The maximum absolute atomic E-state index is 12.5. The highest BCUT2D eigenvalue weighted by molar-refractivity contribution is 5.92. The first-order chi connectivity index (χ1) is 11.8. The van der Waals surface area contributed by atoms with Crippen LogP contribution in [0.4, 0.5) is 13.2 Å². The standard InChI is InChI=1S/C15H19F3N6O.2ClH/c1-2-3-4-11(7-19)21-14(25)12-9-24(23-22-12)13-6-5-10(8-20-13)15(16,17)18;;/h5-6,8-9,11H,2-4,7,19H2,1H3,(H,21,25);2*1H. The van der Waals surface area contributed by atoms with Crippen molar-refractivity contribution in [1.29, 1.82) is 0 Å². The maximum Gasteiger partial charge on any atom is 0.417 e. The maximum atomic E-state index is 12.5. The fraction of sp³-hybridized carbons (Fsp3) is 0.467. The molecule has 1 unspecified atom stereocenters. The molecule has 1 atom stereocenters. The van der Waals surface area contributed by atoms with Crippen molar-refractivity contribution < 1.29 is 18.0 Å². The number of nitrogens with two attached hydrogens (primary N) is 1. The molecule has 0 aliphatic rings. The monoisotopic (exact) mass is 428 g/mol. The lowest BCUT2D eigenvalue weighted by Gasteiger charge is -2.15. The third-order valence-electron chi connectivity index (χ3n) is 3.56. The van der Waals surface area contributed by atoms with Crippen LogP contribution < -0.4 is 11.1 Å². The van der Waals surface area contributed by atoms with Crippen molar-refractivity contribution in [2.24, 2.45) is 5.73 Å². The second-order valence-corrected chi connectivity index (χ2v) is 5.50. The Labute approximate surface area is 166 Å². The van der Waals surface area contributed by atoms with E-state index in [9.17, 15) is 18.0 Å². The van der Waals surface area contributed by atoms with Gasteiger partial charge in [0.2, 0.25) is 0 Å². The van der Waals surface area contributed by atoms with Crippen LogP contribution in [0, 0.1) is 0 Å². The van der Waals surface area contributed by atoms with E-state index in [0.29, 0.717) is 12.7 Å². The molecule has 152 valence electrons. The molecule has 7 nitrogen and oxygen atoms in total. The van der Waals surface area contributed by atoms with Crippen LogP contribution in [0.25, 0.3) is 5.82 Å². The molecular formula is C15H21Cl2F3N6O. The van der Waals surface area contributed by atoms with E-state index in [1.807, 2.05) is 6.92 Å². The van der Waals surface area contributed by atoms with Gasteiger partial charge in [-0.25, -0.2) is 9.67 Å². The second-order valence-electron chi connectivity index (χ2n) is 5.50. The Morgan fingerprint density at radius 2 is 2.04 bits per heavy atom. The molecule has 0 bridgehead atoms. The predicted octanol–water partition coefficient (Wildman–Crippen LogP) is 2.77. The summed E-state index contributed by atoms with van der Waals surface area (Å²) >= 11 is 0. The Bertz CT molecular complexity index is 708. The minimum absolute atomic E-state index is 0. The summed E-state index contributed by atoms with van der Waals surface area (Å²) in [6, 6.07) is 1.88. The molecule has 2 rings (SSSR count). The van der Waals surface area contributed by atoms with Crippen molar-refractivity contribution in [1.82, 2.24) is 25.3 Å². The van der Waals surface area contributed by atoms with Crippen molar-refractivity contribution in [3.8, 4) is 5.82 Å². The molecule has 0 fully saturated rings. The van der Waals surface area contributed by atoms with Crippen LogP contribution in [0.1, 0.15) is 42.2 Å². The molecule has 0 radical (unpaired) electrons. The smallest absolute Gasteiger partial charge is 0.347 e. The van der Waals surface area contributed by atoms with E-state index in [1.54, 1.807) is 0 Å². The molecule has 0 spiro atoms. The van der Waals surface area contributed by atoms with E-state index >= 15 is 0 Å². The number of rotatable bonds is 7. The number of nitrogens with one attached hydrogen (secondary N) is 1. The van der Waals surface area contributed by atoms with Gasteiger partial charge in [0.1, 0.15) is 0 Å². The number of hydrogen-bond acceptors (Lipinski definition) is 5. The molecule has 2 aromatic heterocycles. The average Bonchev–Trinajstić information content (AvgIpc) is 3.08. The van der Waals surface area contributed by atoms with Crippen LogP contribution in [0.2, 0.25) is 0 Å². The zero-order chi connectivity index (χ0) is 18.4. The second kappa shape index (κ2) is 11.1. The summed E-state index contributed by atoms with van der Waals surface area (Å²) in [5.41, 5.74) is 4.80. The third kappa shape index (κ3) is 6.96. The number of carbonyl (C=O) groups excluding carboxylic acids is 1. The van der Waals surface area contributed by atoms with E-state index in [4.69, 9.17) is 5.73 Å². The van der Waals surface area contributed by atoms with Crippen LogP contribution in [0.15, 0.2) is 24.5 Å². The molecule has 27 heavy (non-hydrogen) atoms. The molecule has 1 amide bonds. The van der Waals surface area contributed by atoms with Crippen molar-refractivity contribution in [3.05, 3.63) is 35.8 Å². The van der Waals surface area contributed by atoms with Gasteiger partial charge in [-0.1, -0.05) is 25.0 Å². The van der Waals surface area contributed by atoms with Crippen LogP contribution >= 0.6 is 24.8 Å². The summed E-state index contributed by atoms with van der Waals surface area (Å²) in [6.45, 7) is 2.35. The van der Waals surface area contributed by atoms with Crippen LogP contribution in [-0.4, -0.2) is 38.5 Å². The van der Waals surface area contributed by atoms with Crippen molar-refractivity contribution in [3.63, 3.8) is 0 Å². The van der Waals surface area contributed by atoms with Crippen LogP contribution in [-0.2, 0) is 6.18 Å². The van der Waals surface area contributed by atoms with E-state index in [1.165, 1.54) is 6.20 Å². The number of halogens is 5. The lowest BCUT2D eigenvalue weighted by atomic mass is 10.1. The summed E-state index contributed by atoms with van der Waals surface area (Å²) in [5, 5.41) is 10.2. The number of carbonyl (C=O) groups is 1. The summed E-state index contributed by atoms with van der Waals surface area (Å²) in [5.74, 6) is -0.314.